The van der Waals surface area contributed by atoms with E-state index in [1.807, 2.05) is 0 Å². The number of hydrogen-bond donors (Lipinski definition) is 1. The maximum atomic E-state index is 12.5. The molecule has 0 saturated heterocycles. The standard InChI is InChI=1S/C10H9F3O/c1-2-9(14,10(11,12)13)8-6-4-3-5-7-8/h2-7,14H,1H2/t9-/m0/s1. The maximum Gasteiger partial charge on any atom is 0.425 e. The topological polar surface area (TPSA) is 20.2 Å². The van der Waals surface area contributed by atoms with Crippen LogP contribution in [0.1, 0.15) is 5.56 Å². The van der Waals surface area contributed by atoms with Gasteiger partial charge in [-0.3, -0.25) is 0 Å². The molecule has 1 aromatic carbocycles. The van der Waals surface area contributed by atoms with Gasteiger partial charge in [-0.25, -0.2) is 0 Å². The monoisotopic (exact) mass is 202 g/mol. The number of aliphatic hydroxyl groups is 1. The van der Waals surface area contributed by atoms with Gasteiger partial charge in [-0.1, -0.05) is 36.9 Å². The van der Waals surface area contributed by atoms with Crippen LogP contribution in [-0.4, -0.2) is 11.3 Å². The Morgan fingerprint density at radius 1 is 1.14 bits per heavy atom. The van der Waals surface area contributed by atoms with Gasteiger partial charge >= 0.3 is 6.18 Å². The molecule has 0 aromatic heterocycles. The Bertz CT molecular complexity index is 318. The molecular formula is C10H9F3O. The van der Waals surface area contributed by atoms with Gasteiger partial charge in [-0.05, 0) is 11.6 Å². The Morgan fingerprint density at radius 2 is 1.64 bits per heavy atom. The average Bonchev–Trinajstić information content (AvgIpc) is 2.16. The van der Waals surface area contributed by atoms with Crippen molar-refractivity contribution < 1.29 is 18.3 Å². The molecule has 1 N–H and O–H groups in total. The smallest absolute Gasteiger partial charge is 0.373 e. The molecule has 0 fully saturated rings. The zero-order chi connectivity index (χ0) is 10.8. The Balaban J connectivity index is 3.22. The summed E-state index contributed by atoms with van der Waals surface area (Å²) < 4.78 is 37.4. The summed E-state index contributed by atoms with van der Waals surface area (Å²) in [7, 11) is 0. The van der Waals surface area contributed by atoms with Crippen molar-refractivity contribution in [3.63, 3.8) is 0 Å². The summed E-state index contributed by atoms with van der Waals surface area (Å²) in [5, 5.41) is 9.38. The van der Waals surface area contributed by atoms with Crippen molar-refractivity contribution in [1.82, 2.24) is 0 Å². The summed E-state index contributed by atoms with van der Waals surface area (Å²) in [6, 6.07) is 6.83. The predicted molar refractivity (Wildman–Crippen MR) is 46.6 cm³/mol. The molecule has 1 aromatic rings. The van der Waals surface area contributed by atoms with Crippen LogP contribution in [0.2, 0.25) is 0 Å². The summed E-state index contributed by atoms with van der Waals surface area (Å²) in [5.41, 5.74) is -3.20. The van der Waals surface area contributed by atoms with Crippen LogP contribution in [0.4, 0.5) is 13.2 Å². The fourth-order valence-corrected chi connectivity index (χ4v) is 1.09. The summed E-state index contributed by atoms with van der Waals surface area (Å²) in [6.45, 7) is 3.01. The van der Waals surface area contributed by atoms with Gasteiger partial charge in [0.25, 0.3) is 0 Å². The van der Waals surface area contributed by atoms with Crippen LogP contribution in [0.15, 0.2) is 43.0 Å². The minimum Gasteiger partial charge on any atom is -0.373 e. The first-order chi connectivity index (χ1) is 6.42. The molecule has 0 saturated carbocycles. The summed E-state index contributed by atoms with van der Waals surface area (Å²) in [6.07, 6.45) is -4.27. The zero-order valence-electron chi connectivity index (χ0n) is 7.25. The Labute approximate surface area is 79.5 Å². The normalized spacial score (nSPS) is 16.0. The molecule has 0 aliphatic carbocycles. The average molecular weight is 202 g/mol. The van der Waals surface area contributed by atoms with Crippen molar-refractivity contribution in [3.05, 3.63) is 48.6 Å². The number of halogens is 3. The molecule has 0 amide bonds. The van der Waals surface area contributed by atoms with Gasteiger partial charge in [0.15, 0.2) is 0 Å². The third-order valence-electron chi connectivity index (χ3n) is 1.94. The van der Waals surface area contributed by atoms with Crippen molar-refractivity contribution in [2.24, 2.45) is 0 Å². The summed E-state index contributed by atoms with van der Waals surface area (Å²) in [4.78, 5) is 0. The SMILES string of the molecule is C=C[C@](O)(c1ccccc1)C(F)(F)F. The molecule has 0 radical (unpaired) electrons. The molecule has 0 heterocycles. The lowest BCUT2D eigenvalue weighted by atomic mass is 9.93. The van der Waals surface area contributed by atoms with E-state index in [9.17, 15) is 18.3 Å². The van der Waals surface area contributed by atoms with E-state index in [1.54, 1.807) is 6.07 Å². The van der Waals surface area contributed by atoms with Crippen LogP contribution in [0, 0.1) is 0 Å². The quantitative estimate of drug-likeness (QED) is 0.731. The van der Waals surface area contributed by atoms with E-state index < -0.39 is 11.8 Å². The summed E-state index contributed by atoms with van der Waals surface area (Å²) in [5.74, 6) is 0. The highest BCUT2D eigenvalue weighted by Crippen LogP contribution is 2.39. The molecule has 0 unspecified atom stereocenters. The first kappa shape index (κ1) is 10.8. The second-order valence-electron chi connectivity index (χ2n) is 2.83. The number of rotatable bonds is 2. The molecule has 0 bridgehead atoms. The van der Waals surface area contributed by atoms with Gasteiger partial charge in [-0.2, -0.15) is 13.2 Å². The lowest BCUT2D eigenvalue weighted by Gasteiger charge is -2.27. The lowest BCUT2D eigenvalue weighted by Crippen LogP contribution is -2.40. The lowest BCUT2D eigenvalue weighted by molar-refractivity contribution is -0.245. The highest BCUT2D eigenvalue weighted by atomic mass is 19.4. The Morgan fingerprint density at radius 3 is 2.00 bits per heavy atom. The fourth-order valence-electron chi connectivity index (χ4n) is 1.09. The summed E-state index contributed by atoms with van der Waals surface area (Å²) >= 11 is 0. The van der Waals surface area contributed by atoms with Crippen LogP contribution >= 0.6 is 0 Å². The van der Waals surface area contributed by atoms with E-state index in [1.165, 1.54) is 24.3 Å². The predicted octanol–water partition coefficient (Wildman–Crippen LogP) is 2.62. The van der Waals surface area contributed by atoms with Gasteiger partial charge in [0.2, 0.25) is 5.60 Å². The molecule has 76 valence electrons. The molecular weight excluding hydrogens is 193 g/mol. The van der Waals surface area contributed by atoms with Crippen molar-refractivity contribution in [1.29, 1.82) is 0 Å². The van der Waals surface area contributed by atoms with E-state index in [-0.39, 0.29) is 5.56 Å². The second-order valence-corrected chi connectivity index (χ2v) is 2.83. The molecule has 14 heavy (non-hydrogen) atoms. The molecule has 1 rings (SSSR count). The highest BCUT2D eigenvalue weighted by Gasteiger charge is 2.52. The second kappa shape index (κ2) is 3.46. The van der Waals surface area contributed by atoms with E-state index in [0.29, 0.717) is 6.08 Å². The number of alkyl halides is 3. The van der Waals surface area contributed by atoms with E-state index in [0.717, 1.165) is 0 Å². The third kappa shape index (κ3) is 1.65. The van der Waals surface area contributed by atoms with Gasteiger partial charge in [0.1, 0.15) is 0 Å². The minimum absolute atomic E-state index is 0.234. The van der Waals surface area contributed by atoms with Crippen molar-refractivity contribution >= 4 is 0 Å². The van der Waals surface area contributed by atoms with Gasteiger partial charge in [0, 0.05) is 0 Å². The minimum atomic E-state index is -4.75. The van der Waals surface area contributed by atoms with Gasteiger partial charge in [-0.15, -0.1) is 0 Å². The first-order valence-electron chi connectivity index (χ1n) is 3.90. The number of hydrogen-bond acceptors (Lipinski definition) is 1. The molecule has 0 aliphatic heterocycles. The van der Waals surface area contributed by atoms with Crippen molar-refractivity contribution in [3.8, 4) is 0 Å². The zero-order valence-corrected chi connectivity index (χ0v) is 7.25. The van der Waals surface area contributed by atoms with Crippen molar-refractivity contribution in [2.45, 2.75) is 11.8 Å². The van der Waals surface area contributed by atoms with Gasteiger partial charge < -0.3 is 5.11 Å². The highest BCUT2D eigenvalue weighted by molar-refractivity contribution is 5.28. The number of benzene rings is 1. The molecule has 0 aliphatic rings. The Kier molecular flexibility index (Phi) is 2.66. The van der Waals surface area contributed by atoms with Crippen LogP contribution in [0.25, 0.3) is 0 Å². The van der Waals surface area contributed by atoms with Crippen LogP contribution in [-0.2, 0) is 5.60 Å². The largest absolute Gasteiger partial charge is 0.425 e. The molecule has 4 heteroatoms. The molecule has 1 atom stereocenters. The molecule has 0 spiro atoms. The van der Waals surface area contributed by atoms with Crippen LogP contribution < -0.4 is 0 Å². The van der Waals surface area contributed by atoms with Crippen LogP contribution in [0.3, 0.4) is 0 Å². The maximum absolute atomic E-state index is 12.5. The van der Waals surface area contributed by atoms with E-state index >= 15 is 0 Å². The third-order valence-corrected chi connectivity index (χ3v) is 1.94. The van der Waals surface area contributed by atoms with Crippen molar-refractivity contribution in [2.75, 3.05) is 0 Å². The van der Waals surface area contributed by atoms with E-state index in [4.69, 9.17) is 0 Å². The van der Waals surface area contributed by atoms with E-state index in [2.05, 4.69) is 6.58 Å². The van der Waals surface area contributed by atoms with Gasteiger partial charge in [0.05, 0.1) is 0 Å². The fraction of sp³-hybridized carbons (Fsp3) is 0.200. The Hall–Kier alpha value is -1.29. The first-order valence-corrected chi connectivity index (χ1v) is 3.90. The van der Waals surface area contributed by atoms with Crippen LogP contribution in [0.5, 0.6) is 0 Å². The molecule has 1 nitrogen and oxygen atoms in total.